The zero-order valence-corrected chi connectivity index (χ0v) is 11.4. The molecule has 0 fully saturated rings. The standard InChI is InChI=1S/C14H22N2O/c1-10-8-11(2)13(12(3)9-10)14(17)16(5)7-6-15-4/h8-9,15H,6-7H2,1-5H3. The highest BCUT2D eigenvalue weighted by Gasteiger charge is 2.16. The number of likely N-dealkylation sites (N-methyl/N-ethyl adjacent to an activating group) is 2. The van der Waals surface area contributed by atoms with E-state index < -0.39 is 0 Å². The second-order valence-electron chi connectivity index (χ2n) is 4.60. The first-order valence-electron chi connectivity index (χ1n) is 5.95. The minimum Gasteiger partial charge on any atom is -0.340 e. The van der Waals surface area contributed by atoms with Crippen LogP contribution in [0.25, 0.3) is 0 Å². The normalized spacial score (nSPS) is 10.4. The van der Waals surface area contributed by atoms with Crippen LogP contribution in [0.1, 0.15) is 27.0 Å². The quantitative estimate of drug-likeness (QED) is 0.863. The fourth-order valence-electron chi connectivity index (χ4n) is 2.09. The Labute approximate surface area is 104 Å². The zero-order chi connectivity index (χ0) is 13.0. The van der Waals surface area contributed by atoms with Gasteiger partial charge in [0.1, 0.15) is 0 Å². The van der Waals surface area contributed by atoms with E-state index in [0.717, 1.165) is 29.8 Å². The van der Waals surface area contributed by atoms with E-state index in [1.165, 1.54) is 5.56 Å². The van der Waals surface area contributed by atoms with Crippen LogP contribution in [0.2, 0.25) is 0 Å². The number of carbonyl (C=O) groups is 1. The van der Waals surface area contributed by atoms with Gasteiger partial charge in [-0.1, -0.05) is 17.7 Å². The van der Waals surface area contributed by atoms with Gasteiger partial charge in [-0.3, -0.25) is 4.79 Å². The third-order valence-corrected chi connectivity index (χ3v) is 2.93. The minimum absolute atomic E-state index is 0.107. The van der Waals surface area contributed by atoms with Crippen LogP contribution < -0.4 is 5.32 Å². The maximum Gasteiger partial charge on any atom is 0.254 e. The molecule has 0 aliphatic heterocycles. The average Bonchev–Trinajstić information content (AvgIpc) is 2.24. The number of hydrogen-bond acceptors (Lipinski definition) is 2. The zero-order valence-electron chi connectivity index (χ0n) is 11.4. The molecule has 0 spiro atoms. The lowest BCUT2D eigenvalue weighted by Crippen LogP contribution is -2.33. The first-order valence-corrected chi connectivity index (χ1v) is 5.95. The van der Waals surface area contributed by atoms with Crippen molar-refractivity contribution in [1.29, 1.82) is 0 Å². The summed E-state index contributed by atoms with van der Waals surface area (Å²) in [5, 5.41) is 3.05. The number of rotatable bonds is 4. The van der Waals surface area contributed by atoms with E-state index >= 15 is 0 Å². The highest BCUT2D eigenvalue weighted by atomic mass is 16.2. The van der Waals surface area contributed by atoms with Crippen molar-refractivity contribution in [3.63, 3.8) is 0 Å². The molecule has 1 aromatic carbocycles. The molecule has 17 heavy (non-hydrogen) atoms. The van der Waals surface area contributed by atoms with Crippen LogP contribution >= 0.6 is 0 Å². The molecular weight excluding hydrogens is 212 g/mol. The van der Waals surface area contributed by atoms with E-state index in [9.17, 15) is 4.79 Å². The fraction of sp³-hybridized carbons (Fsp3) is 0.500. The van der Waals surface area contributed by atoms with Gasteiger partial charge in [0, 0.05) is 25.7 Å². The Balaban J connectivity index is 2.96. The number of benzene rings is 1. The topological polar surface area (TPSA) is 32.3 Å². The summed E-state index contributed by atoms with van der Waals surface area (Å²) in [6, 6.07) is 4.12. The number of nitrogens with zero attached hydrogens (tertiary/aromatic N) is 1. The monoisotopic (exact) mass is 234 g/mol. The minimum atomic E-state index is 0.107. The van der Waals surface area contributed by atoms with Crippen LogP contribution in [0, 0.1) is 20.8 Å². The second kappa shape index (κ2) is 5.82. The van der Waals surface area contributed by atoms with Crippen LogP contribution in [0.15, 0.2) is 12.1 Å². The molecule has 0 saturated carbocycles. The molecule has 1 aromatic rings. The van der Waals surface area contributed by atoms with Crippen molar-refractivity contribution in [2.75, 3.05) is 27.2 Å². The van der Waals surface area contributed by atoms with E-state index in [2.05, 4.69) is 24.4 Å². The largest absolute Gasteiger partial charge is 0.340 e. The number of amides is 1. The van der Waals surface area contributed by atoms with E-state index in [4.69, 9.17) is 0 Å². The van der Waals surface area contributed by atoms with Crippen LogP contribution in [0.5, 0.6) is 0 Å². The van der Waals surface area contributed by atoms with E-state index in [1.54, 1.807) is 4.90 Å². The maximum absolute atomic E-state index is 12.3. The summed E-state index contributed by atoms with van der Waals surface area (Å²) in [5.74, 6) is 0.107. The number of carbonyl (C=O) groups excluding carboxylic acids is 1. The predicted molar refractivity (Wildman–Crippen MR) is 71.5 cm³/mol. The van der Waals surface area contributed by atoms with Crippen LogP contribution in [0.3, 0.4) is 0 Å². The fourth-order valence-corrected chi connectivity index (χ4v) is 2.09. The SMILES string of the molecule is CNCCN(C)C(=O)c1c(C)cc(C)cc1C. The summed E-state index contributed by atoms with van der Waals surface area (Å²) in [6.07, 6.45) is 0. The maximum atomic E-state index is 12.3. The molecule has 0 radical (unpaired) electrons. The molecule has 0 aromatic heterocycles. The van der Waals surface area contributed by atoms with Crippen LogP contribution in [0.4, 0.5) is 0 Å². The van der Waals surface area contributed by atoms with Crippen molar-refractivity contribution in [3.05, 3.63) is 34.4 Å². The van der Waals surface area contributed by atoms with Gasteiger partial charge in [-0.2, -0.15) is 0 Å². The number of nitrogens with one attached hydrogen (secondary N) is 1. The first kappa shape index (κ1) is 13.7. The van der Waals surface area contributed by atoms with Gasteiger partial charge >= 0.3 is 0 Å². The van der Waals surface area contributed by atoms with Gasteiger partial charge in [-0.25, -0.2) is 0 Å². The first-order chi connectivity index (χ1) is 7.97. The van der Waals surface area contributed by atoms with E-state index in [0.29, 0.717) is 0 Å². The Morgan fingerprint density at radius 3 is 2.24 bits per heavy atom. The Kier molecular flexibility index (Phi) is 4.70. The molecule has 94 valence electrons. The molecule has 0 bridgehead atoms. The van der Waals surface area contributed by atoms with Crippen molar-refractivity contribution in [2.24, 2.45) is 0 Å². The molecule has 0 aliphatic carbocycles. The summed E-state index contributed by atoms with van der Waals surface area (Å²) < 4.78 is 0. The van der Waals surface area contributed by atoms with Crippen molar-refractivity contribution >= 4 is 5.91 Å². The Hall–Kier alpha value is -1.35. The molecule has 0 aliphatic rings. The highest BCUT2D eigenvalue weighted by molar-refractivity contribution is 5.97. The van der Waals surface area contributed by atoms with Crippen LogP contribution in [-0.4, -0.2) is 38.0 Å². The van der Waals surface area contributed by atoms with Crippen LogP contribution in [-0.2, 0) is 0 Å². The Morgan fingerprint density at radius 1 is 1.24 bits per heavy atom. The summed E-state index contributed by atoms with van der Waals surface area (Å²) >= 11 is 0. The molecule has 0 atom stereocenters. The molecule has 1 rings (SSSR count). The number of hydrogen-bond donors (Lipinski definition) is 1. The van der Waals surface area contributed by atoms with Crippen molar-refractivity contribution in [2.45, 2.75) is 20.8 Å². The smallest absolute Gasteiger partial charge is 0.254 e. The van der Waals surface area contributed by atoms with Gasteiger partial charge in [-0.05, 0) is 38.9 Å². The molecular formula is C14H22N2O. The van der Waals surface area contributed by atoms with Gasteiger partial charge in [-0.15, -0.1) is 0 Å². The van der Waals surface area contributed by atoms with Crippen molar-refractivity contribution in [1.82, 2.24) is 10.2 Å². The van der Waals surface area contributed by atoms with E-state index in [1.807, 2.05) is 27.9 Å². The van der Waals surface area contributed by atoms with Gasteiger partial charge in [0.05, 0.1) is 0 Å². The third-order valence-electron chi connectivity index (χ3n) is 2.93. The lowest BCUT2D eigenvalue weighted by Gasteiger charge is -2.20. The molecule has 0 saturated heterocycles. The summed E-state index contributed by atoms with van der Waals surface area (Å²) in [6.45, 7) is 7.59. The van der Waals surface area contributed by atoms with Gasteiger partial charge in [0.25, 0.3) is 5.91 Å². The Morgan fingerprint density at radius 2 is 1.76 bits per heavy atom. The van der Waals surface area contributed by atoms with Gasteiger partial charge in [0.2, 0.25) is 0 Å². The molecule has 1 amide bonds. The Bertz CT molecular complexity index is 390. The molecule has 3 nitrogen and oxygen atoms in total. The lowest BCUT2D eigenvalue weighted by atomic mass is 9.99. The predicted octanol–water partition coefficient (Wildman–Crippen LogP) is 1.90. The van der Waals surface area contributed by atoms with Gasteiger partial charge < -0.3 is 10.2 Å². The number of aryl methyl sites for hydroxylation is 3. The lowest BCUT2D eigenvalue weighted by molar-refractivity contribution is 0.0795. The summed E-state index contributed by atoms with van der Waals surface area (Å²) in [5.41, 5.74) is 4.16. The molecule has 3 heteroatoms. The van der Waals surface area contributed by atoms with Crippen molar-refractivity contribution < 1.29 is 4.79 Å². The molecule has 0 unspecified atom stereocenters. The van der Waals surface area contributed by atoms with E-state index in [-0.39, 0.29) is 5.91 Å². The van der Waals surface area contributed by atoms with Crippen molar-refractivity contribution in [3.8, 4) is 0 Å². The summed E-state index contributed by atoms with van der Waals surface area (Å²) in [7, 11) is 3.74. The third kappa shape index (κ3) is 3.30. The van der Waals surface area contributed by atoms with Gasteiger partial charge in [0.15, 0.2) is 0 Å². The summed E-state index contributed by atoms with van der Waals surface area (Å²) in [4.78, 5) is 14.1. The molecule has 0 heterocycles. The second-order valence-corrected chi connectivity index (χ2v) is 4.60. The molecule has 1 N–H and O–H groups in total. The highest BCUT2D eigenvalue weighted by Crippen LogP contribution is 2.17. The average molecular weight is 234 g/mol.